The molecule has 0 aliphatic carbocycles. The van der Waals surface area contributed by atoms with Crippen LogP contribution in [0.25, 0.3) is 10.6 Å². The fraction of sp³-hybridized carbons (Fsp3) is 0.0417. The van der Waals surface area contributed by atoms with Gasteiger partial charge in [-0.2, -0.15) is 0 Å². The Labute approximate surface area is 165 Å². The number of allylic oxidation sites excluding steroid dienone is 2. The normalized spacial score (nSPS) is 19.1. The molecule has 1 aliphatic rings. The van der Waals surface area contributed by atoms with Crippen LogP contribution in [0.1, 0.15) is 21.5 Å². The van der Waals surface area contributed by atoms with Crippen molar-refractivity contribution < 1.29 is 4.79 Å². The number of rotatable bonds is 4. The molecule has 1 nitrogen and oxygen atoms in total. The summed E-state index contributed by atoms with van der Waals surface area (Å²) in [7, 11) is 0. The van der Waals surface area contributed by atoms with Crippen LogP contribution in [-0.4, -0.2) is 12.4 Å². The van der Waals surface area contributed by atoms with Crippen LogP contribution >= 0.6 is 6.04 Å². The number of hydrogen-bond acceptors (Lipinski definition) is 2. The number of Topliss-reactive ketones (excluding diaryl/α,β-unsaturated/α-hetero) is 1. The fourth-order valence-electron chi connectivity index (χ4n) is 3.53. The molecule has 4 rings (SSSR count). The summed E-state index contributed by atoms with van der Waals surface area (Å²) in [6.45, 7) is 2.13. The van der Waals surface area contributed by atoms with Crippen molar-refractivity contribution in [2.75, 3.05) is 6.66 Å². The van der Waals surface area contributed by atoms with E-state index in [0.29, 0.717) is 5.56 Å². The van der Waals surface area contributed by atoms with Crippen LogP contribution in [0.4, 0.5) is 0 Å². The SMILES string of the molecule is CP1(=S)C(c2ccccc2)=CC(C(=O)c2ccccc2)=C1c1ccccc1. The van der Waals surface area contributed by atoms with Crippen molar-refractivity contribution in [1.82, 2.24) is 0 Å². The molecule has 1 heterocycles. The average Bonchev–Trinajstić information content (AvgIpc) is 3.00. The van der Waals surface area contributed by atoms with Crippen LogP contribution in [0.15, 0.2) is 103 Å². The molecule has 132 valence electrons. The average molecular weight is 386 g/mol. The molecule has 0 N–H and O–H groups in total. The molecule has 0 fully saturated rings. The maximum Gasteiger partial charge on any atom is 0.193 e. The van der Waals surface area contributed by atoms with Gasteiger partial charge in [-0.3, -0.25) is 4.79 Å². The summed E-state index contributed by atoms with van der Waals surface area (Å²) in [5.41, 5.74) is 3.58. The van der Waals surface area contributed by atoms with E-state index in [1.807, 2.05) is 72.8 Å². The van der Waals surface area contributed by atoms with Crippen LogP contribution < -0.4 is 0 Å². The molecular formula is C24H19OPS. The van der Waals surface area contributed by atoms with E-state index in [2.05, 4.69) is 30.9 Å². The monoisotopic (exact) mass is 386 g/mol. The molecule has 0 spiro atoms. The topological polar surface area (TPSA) is 17.1 Å². The molecule has 0 saturated heterocycles. The second-order valence-electron chi connectivity index (χ2n) is 6.64. The minimum Gasteiger partial charge on any atom is -0.289 e. The highest BCUT2D eigenvalue weighted by atomic mass is 32.4. The van der Waals surface area contributed by atoms with E-state index in [1.165, 1.54) is 0 Å². The number of carbonyl (C=O) groups is 1. The number of carbonyl (C=O) groups excluding carboxylic acids is 1. The zero-order valence-corrected chi connectivity index (χ0v) is 16.7. The van der Waals surface area contributed by atoms with E-state index < -0.39 is 6.04 Å². The molecule has 0 bridgehead atoms. The number of benzene rings is 3. The van der Waals surface area contributed by atoms with Crippen molar-refractivity contribution in [3.8, 4) is 0 Å². The van der Waals surface area contributed by atoms with Gasteiger partial charge in [0.15, 0.2) is 5.78 Å². The van der Waals surface area contributed by atoms with Crippen molar-refractivity contribution in [2.45, 2.75) is 0 Å². The first-order valence-electron chi connectivity index (χ1n) is 8.84. The maximum atomic E-state index is 13.4. The molecule has 0 radical (unpaired) electrons. The van der Waals surface area contributed by atoms with Crippen LogP contribution in [0, 0.1) is 0 Å². The van der Waals surface area contributed by atoms with Gasteiger partial charge in [0.25, 0.3) is 0 Å². The van der Waals surface area contributed by atoms with Gasteiger partial charge in [0.05, 0.1) is 0 Å². The molecule has 0 saturated carbocycles. The van der Waals surface area contributed by atoms with E-state index in [4.69, 9.17) is 11.8 Å². The molecule has 27 heavy (non-hydrogen) atoms. The Bertz CT molecular complexity index is 1100. The van der Waals surface area contributed by atoms with Gasteiger partial charge in [-0.05, 0) is 29.2 Å². The molecular weight excluding hydrogens is 367 g/mol. The van der Waals surface area contributed by atoms with Crippen molar-refractivity contribution in [2.24, 2.45) is 0 Å². The predicted molar refractivity (Wildman–Crippen MR) is 119 cm³/mol. The fourth-order valence-corrected chi connectivity index (χ4v) is 7.14. The van der Waals surface area contributed by atoms with Crippen molar-refractivity contribution in [1.29, 1.82) is 0 Å². The summed E-state index contributed by atoms with van der Waals surface area (Å²) in [6, 6.07) is 27.7. The Morgan fingerprint density at radius 1 is 0.741 bits per heavy atom. The first kappa shape index (κ1) is 17.9. The van der Waals surface area contributed by atoms with Gasteiger partial charge in [-0.1, -0.05) is 103 Å². The molecule has 3 heteroatoms. The van der Waals surface area contributed by atoms with E-state index in [-0.39, 0.29) is 5.78 Å². The van der Waals surface area contributed by atoms with Gasteiger partial charge >= 0.3 is 0 Å². The van der Waals surface area contributed by atoms with Crippen LogP contribution in [0.2, 0.25) is 0 Å². The molecule has 0 amide bonds. The Morgan fingerprint density at radius 2 is 1.22 bits per heavy atom. The van der Waals surface area contributed by atoms with Gasteiger partial charge in [0, 0.05) is 22.5 Å². The predicted octanol–water partition coefficient (Wildman–Crippen LogP) is 6.44. The summed E-state index contributed by atoms with van der Waals surface area (Å²) in [5.74, 6) is 0.0384. The molecule has 0 aromatic heterocycles. The Balaban J connectivity index is 1.93. The highest BCUT2D eigenvalue weighted by Gasteiger charge is 2.34. The van der Waals surface area contributed by atoms with Crippen molar-refractivity contribution in [3.63, 3.8) is 0 Å². The summed E-state index contributed by atoms with van der Waals surface area (Å²) in [4.78, 5) is 13.4. The lowest BCUT2D eigenvalue weighted by Crippen LogP contribution is -2.02. The largest absolute Gasteiger partial charge is 0.289 e. The lowest BCUT2D eigenvalue weighted by molar-refractivity contribution is 0.103. The lowest BCUT2D eigenvalue weighted by Gasteiger charge is -2.20. The Kier molecular flexibility index (Phi) is 4.78. The third-order valence-electron chi connectivity index (χ3n) is 4.82. The molecule has 1 atom stereocenters. The molecule has 3 aromatic rings. The summed E-state index contributed by atoms with van der Waals surface area (Å²) >= 11 is 6.19. The zero-order chi connectivity index (χ0) is 18.9. The van der Waals surface area contributed by atoms with Crippen LogP contribution in [-0.2, 0) is 11.8 Å². The van der Waals surface area contributed by atoms with Crippen LogP contribution in [0.5, 0.6) is 0 Å². The van der Waals surface area contributed by atoms with Gasteiger partial charge < -0.3 is 0 Å². The number of ketones is 1. The van der Waals surface area contributed by atoms with Crippen molar-refractivity contribution in [3.05, 3.63) is 119 Å². The first-order valence-corrected chi connectivity index (χ1v) is 12.1. The quantitative estimate of drug-likeness (QED) is 0.379. The molecule has 1 aliphatic heterocycles. The van der Waals surface area contributed by atoms with Crippen LogP contribution in [0.3, 0.4) is 0 Å². The number of hydrogen-bond donors (Lipinski definition) is 0. The van der Waals surface area contributed by atoms with Gasteiger partial charge in [-0.15, -0.1) is 0 Å². The van der Waals surface area contributed by atoms with E-state index >= 15 is 0 Å². The van der Waals surface area contributed by atoms with Gasteiger partial charge in [-0.25, -0.2) is 0 Å². The van der Waals surface area contributed by atoms with E-state index in [1.54, 1.807) is 0 Å². The molecule has 3 aromatic carbocycles. The Morgan fingerprint density at radius 3 is 1.78 bits per heavy atom. The highest BCUT2D eigenvalue weighted by molar-refractivity contribution is 8.24. The van der Waals surface area contributed by atoms with Gasteiger partial charge in [0.1, 0.15) is 0 Å². The third kappa shape index (κ3) is 3.27. The van der Waals surface area contributed by atoms with E-state index in [0.717, 1.165) is 27.3 Å². The summed E-state index contributed by atoms with van der Waals surface area (Å²) < 4.78 is 0. The Hall–Kier alpha value is -2.54. The lowest BCUT2D eigenvalue weighted by atomic mass is 10.00. The third-order valence-corrected chi connectivity index (χ3v) is 8.62. The first-order chi connectivity index (χ1) is 13.1. The summed E-state index contributed by atoms with van der Waals surface area (Å²) in [6.07, 6.45) is 2.04. The van der Waals surface area contributed by atoms with E-state index in [9.17, 15) is 4.79 Å². The molecule has 1 unspecified atom stereocenters. The second kappa shape index (κ2) is 7.23. The minimum atomic E-state index is -2.08. The van der Waals surface area contributed by atoms with Crippen molar-refractivity contribution >= 4 is 34.3 Å². The highest BCUT2D eigenvalue weighted by Crippen LogP contribution is 2.70. The smallest absolute Gasteiger partial charge is 0.193 e. The van der Waals surface area contributed by atoms with Gasteiger partial charge in [0.2, 0.25) is 0 Å². The standard InChI is InChI=1S/C24H19OPS/c1-26(27)22(18-11-5-2-6-12-18)17-21(23(25)19-13-7-3-8-14-19)24(26)20-15-9-4-10-16-20/h2-17H,1H3. The summed E-state index contributed by atoms with van der Waals surface area (Å²) in [5, 5.41) is 2.13. The zero-order valence-electron chi connectivity index (χ0n) is 15.0. The minimum absolute atomic E-state index is 0.0384. The maximum absolute atomic E-state index is 13.4. The second-order valence-corrected chi connectivity index (χ2v) is 11.6.